The van der Waals surface area contributed by atoms with Crippen LogP contribution >= 0.6 is 0 Å². The summed E-state index contributed by atoms with van der Waals surface area (Å²) >= 11 is 0. The molecule has 0 bridgehead atoms. The van der Waals surface area contributed by atoms with Gasteiger partial charge in [-0.15, -0.1) is 10.2 Å². The fraction of sp³-hybridized carbons (Fsp3) is 0.458. The van der Waals surface area contributed by atoms with E-state index < -0.39 is 0 Å². The van der Waals surface area contributed by atoms with E-state index in [-0.39, 0.29) is 11.1 Å². The predicted octanol–water partition coefficient (Wildman–Crippen LogP) is 4.45. The van der Waals surface area contributed by atoms with E-state index in [0.29, 0.717) is 6.04 Å². The molecule has 0 aliphatic carbocycles. The van der Waals surface area contributed by atoms with Gasteiger partial charge >= 0.3 is 0 Å². The van der Waals surface area contributed by atoms with Gasteiger partial charge in [0.05, 0.1) is 18.3 Å². The summed E-state index contributed by atoms with van der Waals surface area (Å²) in [5.74, 6) is 1.71. The zero-order valence-corrected chi connectivity index (χ0v) is 18.7. The lowest BCUT2D eigenvalue weighted by Crippen LogP contribution is -2.62. The first-order chi connectivity index (χ1) is 14.2. The molecule has 3 heterocycles. The third kappa shape index (κ3) is 4.10. The second-order valence-corrected chi connectivity index (χ2v) is 9.59. The quantitative estimate of drug-likeness (QED) is 0.692. The summed E-state index contributed by atoms with van der Waals surface area (Å²) in [6.07, 6.45) is 3.89. The lowest BCUT2D eigenvalue weighted by atomic mass is 9.79. The molecule has 1 saturated heterocycles. The smallest absolute Gasteiger partial charge is 0.151 e. The van der Waals surface area contributed by atoms with Crippen LogP contribution < -0.4 is 15.0 Å². The topological polar surface area (TPSA) is 63.2 Å². The Morgan fingerprint density at radius 2 is 1.73 bits per heavy atom. The van der Waals surface area contributed by atoms with Gasteiger partial charge in [0.15, 0.2) is 5.82 Å². The minimum atomic E-state index is 0.0895. The van der Waals surface area contributed by atoms with Crippen molar-refractivity contribution >= 4 is 16.7 Å². The molecule has 6 heteroatoms. The summed E-state index contributed by atoms with van der Waals surface area (Å²) in [5, 5.41) is 13.8. The van der Waals surface area contributed by atoms with Gasteiger partial charge in [0, 0.05) is 41.3 Å². The number of aromatic nitrogens is 3. The normalized spacial score (nSPS) is 18.3. The summed E-state index contributed by atoms with van der Waals surface area (Å²) < 4.78 is 5.48. The molecule has 1 aromatic carbocycles. The third-order valence-corrected chi connectivity index (χ3v) is 5.95. The van der Waals surface area contributed by atoms with E-state index >= 15 is 0 Å². The number of pyridine rings is 1. The van der Waals surface area contributed by atoms with Crippen LogP contribution in [0.25, 0.3) is 22.2 Å². The van der Waals surface area contributed by atoms with Crippen molar-refractivity contribution in [3.8, 4) is 17.0 Å². The Labute approximate surface area is 178 Å². The van der Waals surface area contributed by atoms with Crippen molar-refractivity contribution < 1.29 is 4.74 Å². The van der Waals surface area contributed by atoms with Crippen LogP contribution in [0.1, 0.15) is 40.5 Å². The highest BCUT2D eigenvalue weighted by Crippen LogP contribution is 2.33. The molecular formula is C24H31N5O. The number of rotatable bonds is 4. The number of anilines is 1. The zero-order chi connectivity index (χ0) is 21.5. The number of ether oxygens (including phenoxy) is 1. The minimum Gasteiger partial charge on any atom is -0.496 e. The van der Waals surface area contributed by atoms with E-state index in [2.05, 4.69) is 72.3 Å². The van der Waals surface area contributed by atoms with Crippen molar-refractivity contribution in [1.29, 1.82) is 0 Å². The number of nitrogens with zero attached hydrogens (tertiary/aromatic N) is 4. The Hall–Kier alpha value is -2.73. The lowest BCUT2D eigenvalue weighted by Gasteiger charge is -2.49. The molecular weight excluding hydrogens is 374 g/mol. The van der Waals surface area contributed by atoms with Gasteiger partial charge in [-0.3, -0.25) is 4.98 Å². The van der Waals surface area contributed by atoms with E-state index in [1.807, 2.05) is 24.3 Å². The van der Waals surface area contributed by atoms with Crippen LogP contribution in [-0.4, -0.2) is 46.5 Å². The first kappa shape index (κ1) is 20.5. The molecule has 1 aliphatic heterocycles. The molecule has 1 N–H and O–H groups in total. The molecule has 1 fully saturated rings. The molecule has 0 spiro atoms. The number of hydrogen-bond donors (Lipinski definition) is 1. The molecule has 1 aliphatic rings. The second kappa shape index (κ2) is 7.51. The number of fused-ring (bicyclic) bond motifs is 1. The molecule has 3 aromatic rings. The van der Waals surface area contributed by atoms with E-state index in [4.69, 9.17) is 4.74 Å². The van der Waals surface area contributed by atoms with Gasteiger partial charge in [0.1, 0.15) is 5.75 Å². The summed E-state index contributed by atoms with van der Waals surface area (Å²) in [4.78, 5) is 6.68. The molecule has 158 valence electrons. The highest BCUT2D eigenvalue weighted by Gasteiger charge is 2.39. The minimum absolute atomic E-state index is 0.0895. The maximum atomic E-state index is 5.48. The van der Waals surface area contributed by atoms with Crippen LogP contribution in [0, 0.1) is 0 Å². The van der Waals surface area contributed by atoms with Gasteiger partial charge in [0.2, 0.25) is 0 Å². The van der Waals surface area contributed by atoms with Crippen molar-refractivity contribution in [3.05, 3.63) is 42.6 Å². The largest absolute Gasteiger partial charge is 0.496 e. The fourth-order valence-corrected chi connectivity index (χ4v) is 4.85. The van der Waals surface area contributed by atoms with E-state index in [0.717, 1.165) is 46.6 Å². The first-order valence-electron chi connectivity index (χ1n) is 10.5. The van der Waals surface area contributed by atoms with Gasteiger partial charge in [0.25, 0.3) is 0 Å². The number of nitrogens with one attached hydrogen (secondary N) is 1. The van der Waals surface area contributed by atoms with Gasteiger partial charge < -0.3 is 15.0 Å². The molecule has 4 rings (SSSR count). The molecule has 30 heavy (non-hydrogen) atoms. The van der Waals surface area contributed by atoms with Crippen molar-refractivity contribution in [3.63, 3.8) is 0 Å². The maximum Gasteiger partial charge on any atom is 0.151 e. The number of hydrogen-bond acceptors (Lipinski definition) is 6. The predicted molar refractivity (Wildman–Crippen MR) is 122 cm³/mol. The summed E-state index contributed by atoms with van der Waals surface area (Å²) in [5.41, 5.74) is 2.92. The second-order valence-electron chi connectivity index (χ2n) is 9.59. The van der Waals surface area contributed by atoms with Crippen LogP contribution in [0.2, 0.25) is 0 Å². The van der Waals surface area contributed by atoms with Gasteiger partial charge in [-0.05, 0) is 70.9 Å². The van der Waals surface area contributed by atoms with Crippen molar-refractivity contribution in [1.82, 2.24) is 20.5 Å². The van der Waals surface area contributed by atoms with Crippen molar-refractivity contribution in [2.45, 2.75) is 57.7 Å². The van der Waals surface area contributed by atoms with Gasteiger partial charge in [-0.2, -0.15) is 0 Å². The van der Waals surface area contributed by atoms with Crippen LogP contribution in [0.5, 0.6) is 5.75 Å². The van der Waals surface area contributed by atoms with E-state index in [9.17, 15) is 0 Å². The van der Waals surface area contributed by atoms with Crippen LogP contribution in [0.15, 0.2) is 42.6 Å². The molecule has 0 saturated carbocycles. The Morgan fingerprint density at radius 3 is 2.37 bits per heavy atom. The van der Waals surface area contributed by atoms with Crippen molar-refractivity contribution in [2.24, 2.45) is 0 Å². The monoisotopic (exact) mass is 405 g/mol. The highest BCUT2D eigenvalue weighted by molar-refractivity contribution is 5.88. The van der Waals surface area contributed by atoms with E-state index in [1.54, 1.807) is 13.3 Å². The SMILES string of the molecule is COc1ccnc2ccc(-c3ccc(N(C)C4CC(C)(C)NC(C)(C)C4)nn3)cc12. The van der Waals surface area contributed by atoms with Gasteiger partial charge in [-0.1, -0.05) is 6.07 Å². The zero-order valence-electron chi connectivity index (χ0n) is 18.7. The summed E-state index contributed by atoms with van der Waals surface area (Å²) in [7, 11) is 3.80. The Balaban J connectivity index is 1.59. The molecule has 2 aromatic heterocycles. The average molecular weight is 406 g/mol. The molecule has 0 amide bonds. The lowest BCUT2D eigenvalue weighted by molar-refractivity contribution is 0.160. The van der Waals surface area contributed by atoms with Gasteiger partial charge in [-0.25, -0.2) is 0 Å². The first-order valence-corrected chi connectivity index (χ1v) is 10.5. The Morgan fingerprint density at radius 1 is 1.00 bits per heavy atom. The van der Waals surface area contributed by atoms with Crippen LogP contribution in [-0.2, 0) is 0 Å². The van der Waals surface area contributed by atoms with Crippen LogP contribution in [0.3, 0.4) is 0 Å². The number of piperidine rings is 1. The molecule has 0 atom stereocenters. The number of benzene rings is 1. The average Bonchev–Trinajstić information content (AvgIpc) is 2.70. The van der Waals surface area contributed by atoms with Crippen molar-refractivity contribution in [2.75, 3.05) is 19.1 Å². The third-order valence-electron chi connectivity index (χ3n) is 5.95. The fourth-order valence-electron chi connectivity index (χ4n) is 4.85. The number of methoxy groups -OCH3 is 1. The molecule has 6 nitrogen and oxygen atoms in total. The summed E-state index contributed by atoms with van der Waals surface area (Å²) in [6, 6.07) is 12.5. The van der Waals surface area contributed by atoms with E-state index in [1.165, 1.54) is 0 Å². The Bertz CT molecular complexity index is 1030. The maximum absolute atomic E-state index is 5.48. The Kier molecular flexibility index (Phi) is 5.14. The van der Waals surface area contributed by atoms with Crippen LogP contribution in [0.4, 0.5) is 5.82 Å². The molecule has 0 unspecified atom stereocenters. The standard InChI is InChI=1S/C24H31N5O/c1-23(2)14-17(15-24(3,4)28-23)29(5)22-10-9-19(26-27-22)16-7-8-20-18(13-16)21(30-6)11-12-25-20/h7-13,17,28H,14-15H2,1-6H3. The molecule has 0 radical (unpaired) electrons. The highest BCUT2D eigenvalue weighted by atomic mass is 16.5. The summed E-state index contributed by atoms with van der Waals surface area (Å²) in [6.45, 7) is 9.08.